The highest BCUT2D eigenvalue weighted by Gasteiger charge is 2.09. The van der Waals surface area contributed by atoms with E-state index in [1.807, 2.05) is 0 Å². The van der Waals surface area contributed by atoms with Crippen LogP contribution in [-0.2, 0) is 13.2 Å². The third kappa shape index (κ3) is 5.55. The van der Waals surface area contributed by atoms with E-state index in [4.69, 9.17) is 9.84 Å². The van der Waals surface area contributed by atoms with E-state index in [0.29, 0.717) is 13.2 Å². The number of ether oxygens (including phenoxy) is 1. The van der Waals surface area contributed by atoms with Crippen LogP contribution in [0, 0.1) is 6.92 Å². The monoisotopic (exact) mass is 378 g/mol. The number of hydrogen-bond donors (Lipinski definition) is 3. The molecule has 0 saturated carbocycles. The van der Waals surface area contributed by atoms with Gasteiger partial charge in [-0.25, -0.2) is 0 Å². The van der Waals surface area contributed by atoms with Crippen molar-refractivity contribution in [1.29, 1.82) is 0 Å². The van der Waals surface area contributed by atoms with Crippen LogP contribution >= 0.6 is 0 Å². The Morgan fingerprint density at radius 2 is 1.64 bits per heavy atom. The molecule has 0 aliphatic heterocycles. The number of benzene rings is 3. The number of nitrogens with one attached hydrogen (secondary N) is 2. The van der Waals surface area contributed by atoms with Crippen molar-refractivity contribution in [1.82, 2.24) is 10.6 Å². The predicted molar refractivity (Wildman–Crippen MR) is 116 cm³/mol. The molecule has 0 saturated heterocycles. The quantitative estimate of drug-likeness (QED) is 0.445. The molecule has 28 heavy (non-hydrogen) atoms. The lowest BCUT2D eigenvalue weighted by Crippen LogP contribution is -2.24. The summed E-state index contributed by atoms with van der Waals surface area (Å²) in [5.41, 5.74) is 3.66. The van der Waals surface area contributed by atoms with Crippen molar-refractivity contribution >= 4 is 10.8 Å². The first-order chi connectivity index (χ1) is 13.8. The van der Waals surface area contributed by atoms with Crippen molar-refractivity contribution in [3.63, 3.8) is 0 Å². The van der Waals surface area contributed by atoms with E-state index >= 15 is 0 Å². The molecule has 0 unspecified atom stereocenters. The summed E-state index contributed by atoms with van der Waals surface area (Å²) in [6.45, 7) is 6.11. The fourth-order valence-corrected chi connectivity index (χ4v) is 3.32. The molecular formula is C24H30N2O2. The minimum atomic E-state index is 0.186. The van der Waals surface area contributed by atoms with Crippen LogP contribution in [0.15, 0.2) is 60.7 Å². The summed E-state index contributed by atoms with van der Waals surface area (Å²) >= 11 is 0. The molecule has 3 N–H and O–H groups in total. The molecule has 0 amide bonds. The van der Waals surface area contributed by atoms with Crippen LogP contribution in [0.2, 0.25) is 0 Å². The summed E-state index contributed by atoms with van der Waals surface area (Å²) < 4.78 is 6.24. The van der Waals surface area contributed by atoms with E-state index < -0.39 is 0 Å². The standard InChI is InChI=1S/C24H30N2O2/c1-19-7-2-3-9-21(19)18-28-24-12-11-20-8-4-5-10-22(20)23(24)17-26-14-6-13-25-15-16-27/h2-5,7-12,25-27H,6,13-18H2,1H3. The van der Waals surface area contributed by atoms with Crippen LogP contribution in [0.3, 0.4) is 0 Å². The van der Waals surface area contributed by atoms with E-state index in [9.17, 15) is 0 Å². The normalized spacial score (nSPS) is 11.1. The Hall–Kier alpha value is -2.40. The van der Waals surface area contributed by atoms with Gasteiger partial charge in [0.05, 0.1) is 6.61 Å². The molecule has 0 aromatic heterocycles. The van der Waals surface area contributed by atoms with Crippen molar-refractivity contribution in [2.75, 3.05) is 26.2 Å². The molecule has 4 nitrogen and oxygen atoms in total. The van der Waals surface area contributed by atoms with Crippen LogP contribution in [-0.4, -0.2) is 31.3 Å². The fourth-order valence-electron chi connectivity index (χ4n) is 3.32. The maximum atomic E-state index is 8.81. The minimum Gasteiger partial charge on any atom is -0.489 e. The molecule has 0 heterocycles. The molecule has 3 aromatic rings. The number of aliphatic hydroxyl groups is 1. The highest BCUT2D eigenvalue weighted by molar-refractivity contribution is 5.87. The number of aliphatic hydroxyl groups excluding tert-OH is 1. The maximum Gasteiger partial charge on any atom is 0.124 e. The Labute approximate surface area is 167 Å². The average molecular weight is 379 g/mol. The summed E-state index contributed by atoms with van der Waals surface area (Å²) in [7, 11) is 0. The van der Waals surface area contributed by atoms with Crippen molar-refractivity contribution in [3.05, 3.63) is 77.4 Å². The molecule has 0 bridgehead atoms. The van der Waals surface area contributed by atoms with Crippen molar-refractivity contribution in [2.45, 2.75) is 26.5 Å². The zero-order chi connectivity index (χ0) is 19.6. The number of rotatable bonds is 11. The Morgan fingerprint density at radius 1 is 0.857 bits per heavy atom. The Kier molecular flexibility index (Phi) is 7.85. The molecule has 0 aliphatic carbocycles. The van der Waals surface area contributed by atoms with Gasteiger partial charge in [0, 0.05) is 18.7 Å². The molecule has 148 valence electrons. The second-order valence-electron chi connectivity index (χ2n) is 6.98. The highest BCUT2D eigenvalue weighted by Crippen LogP contribution is 2.29. The summed E-state index contributed by atoms with van der Waals surface area (Å²) in [6.07, 6.45) is 1.02. The van der Waals surface area contributed by atoms with Crippen molar-refractivity contribution < 1.29 is 9.84 Å². The summed E-state index contributed by atoms with van der Waals surface area (Å²) in [5, 5.41) is 18.0. The van der Waals surface area contributed by atoms with Gasteiger partial charge in [-0.05, 0) is 54.4 Å². The van der Waals surface area contributed by atoms with Crippen LogP contribution in [0.5, 0.6) is 5.75 Å². The van der Waals surface area contributed by atoms with Gasteiger partial charge in [-0.2, -0.15) is 0 Å². The molecule has 0 radical (unpaired) electrons. The Balaban J connectivity index is 1.69. The third-order valence-corrected chi connectivity index (χ3v) is 4.94. The lowest BCUT2D eigenvalue weighted by molar-refractivity contribution is 0.292. The van der Waals surface area contributed by atoms with E-state index in [-0.39, 0.29) is 6.61 Å². The first-order valence-electron chi connectivity index (χ1n) is 10.00. The second-order valence-corrected chi connectivity index (χ2v) is 6.98. The van der Waals surface area contributed by atoms with E-state index in [0.717, 1.165) is 31.8 Å². The van der Waals surface area contributed by atoms with Crippen molar-refractivity contribution in [3.8, 4) is 5.75 Å². The summed E-state index contributed by atoms with van der Waals surface area (Å²) in [6, 6.07) is 21.0. The van der Waals surface area contributed by atoms with Crippen LogP contribution in [0.4, 0.5) is 0 Å². The number of fused-ring (bicyclic) bond motifs is 1. The van der Waals surface area contributed by atoms with Gasteiger partial charge in [0.15, 0.2) is 0 Å². The molecule has 0 atom stereocenters. The van der Waals surface area contributed by atoms with Gasteiger partial charge in [-0.1, -0.05) is 54.6 Å². The number of aryl methyl sites for hydroxylation is 1. The molecule has 3 aromatic carbocycles. The first kappa shape index (κ1) is 20.3. The van der Waals surface area contributed by atoms with Crippen molar-refractivity contribution in [2.24, 2.45) is 0 Å². The van der Waals surface area contributed by atoms with Gasteiger partial charge >= 0.3 is 0 Å². The van der Waals surface area contributed by atoms with Crippen LogP contribution in [0.25, 0.3) is 10.8 Å². The molecular weight excluding hydrogens is 348 g/mol. The third-order valence-electron chi connectivity index (χ3n) is 4.94. The number of hydrogen-bond acceptors (Lipinski definition) is 4. The first-order valence-corrected chi connectivity index (χ1v) is 10.00. The lowest BCUT2D eigenvalue weighted by atomic mass is 10.0. The fraction of sp³-hybridized carbons (Fsp3) is 0.333. The lowest BCUT2D eigenvalue weighted by Gasteiger charge is -2.16. The molecule has 0 fully saturated rings. The summed E-state index contributed by atoms with van der Waals surface area (Å²) in [4.78, 5) is 0. The summed E-state index contributed by atoms with van der Waals surface area (Å²) in [5.74, 6) is 0.938. The Morgan fingerprint density at radius 3 is 2.50 bits per heavy atom. The van der Waals surface area contributed by atoms with Gasteiger partial charge in [-0.15, -0.1) is 0 Å². The van der Waals surface area contributed by atoms with Gasteiger partial charge in [-0.3, -0.25) is 0 Å². The van der Waals surface area contributed by atoms with E-state index in [2.05, 4.69) is 78.2 Å². The smallest absolute Gasteiger partial charge is 0.124 e. The van der Waals surface area contributed by atoms with Gasteiger partial charge < -0.3 is 20.5 Å². The molecule has 0 spiro atoms. The maximum absolute atomic E-state index is 8.81. The molecule has 4 heteroatoms. The second kappa shape index (κ2) is 10.8. The van der Waals surface area contributed by atoms with Crippen LogP contribution < -0.4 is 15.4 Å². The topological polar surface area (TPSA) is 53.5 Å². The minimum absolute atomic E-state index is 0.186. The van der Waals surface area contributed by atoms with Crippen LogP contribution in [0.1, 0.15) is 23.1 Å². The van der Waals surface area contributed by atoms with Gasteiger partial charge in [0.1, 0.15) is 12.4 Å². The SMILES string of the molecule is Cc1ccccc1COc1ccc2ccccc2c1CNCCCNCCO. The van der Waals surface area contributed by atoms with E-state index in [1.54, 1.807) is 0 Å². The van der Waals surface area contributed by atoms with Gasteiger partial charge in [0.2, 0.25) is 0 Å². The van der Waals surface area contributed by atoms with Gasteiger partial charge in [0.25, 0.3) is 0 Å². The highest BCUT2D eigenvalue weighted by atomic mass is 16.5. The molecule has 0 aliphatic rings. The average Bonchev–Trinajstić information content (AvgIpc) is 2.73. The zero-order valence-electron chi connectivity index (χ0n) is 16.6. The Bertz CT molecular complexity index is 879. The largest absolute Gasteiger partial charge is 0.489 e. The van der Waals surface area contributed by atoms with E-state index in [1.165, 1.54) is 27.5 Å². The zero-order valence-corrected chi connectivity index (χ0v) is 16.6. The molecule has 3 rings (SSSR count). The predicted octanol–water partition coefficient (Wildman–Crippen LogP) is 3.79.